The van der Waals surface area contributed by atoms with Crippen molar-refractivity contribution in [3.8, 4) is 0 Å². The predicted octanol–water partition coefficient (Wildman–Crippen LogP) is 4.12. The summed E-state index contributed by atoms with van der Waals surface area (Å²) in [5, 5.41) is 31.2. The van der Waals surface area contributed by atoms with Crippen LogP contribution >= 0.6 is 15.9 Å². The van der Waals surface area contributed by atoms with Crippen LogP contribution in [0.4, 0.5) is 17.6 Å². The maximum absolute atomic E-state index is 13.6. The molecular formula is C36H41BrF4N4O10. The minimum atomic E-state index is -4.57. The fraction of sp³-hybridized carbons (Fsp3) is 0.389. The first-order chi connectivity index (χ1) is 25.7. The van der Waals surface area contributed by atoms with Gasteiger partial charge in [0.2, 0.25) is 5.91 Å². The van der Waals surface area contributed by atoms with Gasteiger partial charge in [-0.1, -0.05) is 28.1 Å². The Labute approximate surface area is 322 Å². The number of halogens is 5. The summed E-state index contributed by atoms with van der Waals surface area (Å²) in [5.74, 6) is -5.90. The lowest BCUT2D eigenvalue weighted by Gasteiger charge is -2.48. The third-order valence-electron chi connectivity index (χ3n) is 8.40. The van der Waals surface area contributed by atoms with Crippen molar-refractivity contribution in [2.24, 2.45) is 0 Å². The Kier molecular flexibility index (Phi) is 18.1. The van der Waals surface area contributed by atoms with Crippen LogP contribution in [-0.4, -0.2) is 141 Å². The van der Waals surface area contributed by atoms with Gasteiger partial charge >= 0.3 is 30.1 Å². The highest BCUT2D eigenvalue weighted by Crippen LogP contribution is 2.33. The largest absolute Gasteiger partial charge is 0.478 e. The van der Waals surface area contributed by atoms with E-state index in [1.807, 2.05) is 4.90 Å². The molecule has 0 radical (unpaired) electrons. The van der Waals surface area contributed by atoms with E-state index in [1.165, 1.54) is 23.1 Å². The number of benzene rings is 2. The van der Waals surface area contributed by atoms with Crippen LogP contribution in [0.5, 0.6) is 0 Å². The van der Waals surface area contributed by atoms with E-state index in [4.69, 9.17) is 20.4 Å². The first-order valence-electron chi connectivity index (χ1n) is 16.5. The number of aliphatic carboxylic acids is 4. The van der Waals surface area contributed by atoms with Crippen molar-refractivity contribution in [3.63, 3.8) is 0 Å². The van der Waals surface area contributed by atoms with Gasteiger partial charge in [0.15, 0.2) is 0 Å². The van der Waals surface area contributed by atoms with Gasteiger partial charge in [0.05, 0.1) is 5.56 Å². The molecule has 55 heavy (non-hydrogen) atoms. The number of rotatable bonds is 12. The molecule has 0 spiro atoms. The molecule has 0 bridgehead atoms. The molecular weight excluding hydrogens is 804 g/mol. The van der Waals surface area contributed by atoms with Crippen LogP contribution in [-0.2, 0) is 30.1 Å². The van der Waals surface area contributed by atoms with Gasteiger partial charge in [-0.05, 0) is 48.9 Å². The highest BCUT2D eigenvalue weighted by molar-refractivity contribution is 9.10. The standard InChI is InChI=1S/C28H33BrF4N4O2.2C4H4O4/c1-19(38)36-9-11-37(12-10-36)26-17-35(18-26)8-7-21(20-3-5-25(30)6-4-20)16-34(2)27(39)22-13-23(28(31,32)33)15-24(29)14-22;2*5-3(6)1-2-4(7)8/h3-6,13-15,21,26H,7-12,16-18H2,1-2H3;2*1-2H,(H,5,6)(H,7,8)/b;2*2-1+/t21-;;/m1../s1. The van der Waals surface area contributed by atoms with Gasteiger partial charge in [-0.25, -0.2) is 23.6 Å². The number of hydrogen-bond donors (Lipinski definition) is 4. The smallest absolute Gasteiger partial charge is 0.416 e. The van der Waals surface area contributed by atoms with Crippen molar-refractivity contribution in [2.75, 3.05) is 59.4 Å². The van der Waals surface area contributed by atoms with E-state index in [2.05, 4.69) is 25.7 Å². The van der Waals surface area contributed by atoms with Crippen LogP contribution in [0.25, 0.3) is 0 Å². The fourth-order valence-corrected chi connectivity index (χ4v) is 6.08. The number of hydrogen-bond acceptors (Lipinski definition) is 8. The summed E-state index contributed by atoms with van der Waals surface area (Å²) in [6, 6.07) is 9.82. The average molecular weight is 846 g/mol. The number of amides is 2. The molecule has 19 heteroatoms. The second kappa shape index (κ2) is 21.7. The molecule has 2 fully saturated rings. The van der Waals surface area contributed by atoms with E-state index in [0.29, 0.717) is 36.8 Å². The Morgan fingerprint density at radius 2 is 1.33 bits per heavy atom. The zero-order chi connectivity index (χ0) is 41.5. The lowest BCUT2D eigenvalue weighted by Crippen LogP contribution is -2.63. The Hall–Kier alpha value is -5.14. The third-order valence-corrected chi connectivity index (χ3v) is 8.86. The summed E-state index contributed by atoms with van der Waals surface area (Å²) in [6.45, 7) is 7.74. The van der Waals surface area contributed by atoms with Gasteiger partial charge in [0.1, 0.15) is 5.82 Å². The highest BCUT2D eigenvalue weighted by atomic mass is 79.9. The number of carboxylic acids is 4. The van der Waals surface area contributed by atoms with Gasteiger partial charge in [0.25, 0.3) is 5.91 Å². The first-order valence-corrected chi connectivity index (χ1v) is 17.3. The number of nitrogens with zero attached hydrogens (tertiary/aromatic N) is 4. The van der Waals surface area contributed by atoms with E-state index in [-0.39, 0.29) is 34.2 Å². The number of piperazine rings is 1. The Morgan fingerprint density at radius 1 is 0.836 bits per heavy atom. The molecule has 0 saturated carbocycles. The molecule has 2 aromatic rings. The van der Waals surface area contributed by atoms with Crippen LogP contribution < -0.4 is 0 Å². The van der Waals surface area contributed by atoms with Gasteiger partial charge in [-0.15, -0.1) is 0 Å². The molecule has 1 atom stereocenters. The summed E-state index contributed by atoms with van der Waals surface area (Å²) in [6.07, 6.45) is -1.63. The van der Waals surface area contributed by atoms with Gasteiger partial charge in [-0.3, -0.25) is 14.5 Å². The number of carboxylic acid groups (broad SMARTS) is 4. The molecule has 0 aliphatic carbocycles. The summed E-state index contributed by atoms with van der Waals surface area (Å²) in [5.41, 5.74) is -0.0648. The zero-order valence-electron chi connectivity index (χ0n) is 29.8. The second-order valence-corrected chi connectivity index (χ2v) is 13.3. The molecule has 2 aliphatic heterocycles. The number of carbonyl (C=O) groups is 6. The molecule has 2 aromatic carbocycles. The van der Waals surface area contributed by atoms with Gasteiger partial charge < -0.3 is 35.1 Å². The minimum Gasteiger partial charge on any atom is -0.478 e. The normalized spacial score (nSPS) is 15.6. The van der Waals surface area contributed by atoms with Crippen LogP contribution in [0.3, 0.4) is 0 Å². The maximum Gasteiger partial charge on any atom is 0.416 e. The summed E-state index contributed by atoms with van der Waals surface area (Å²) < 4.78 is 53.6. The number of carbonyl (C=O) groups excluding carboxylic acids is 2. The monoisotopic (exact) mass is 844 g/mol. The van der Waals surface area contributed by atoms with Crippen molar-refractivity contribution in [1.82, 2.24) is 19.6 Å². The molecule has 2 amide bonds. The van der Waals surface area contributed by atoms with Crippen LogP contribution in [0.2, 0.25) is 0 Å². The number of alkyl halides is 3. The lowest BCUT2D eigenvalue weighted by molar-refractivity contribution is -0.138. The molecule has 2 saturated heterocycles. The van der Waals surface area contributed by atoms with Crippen molar-refractivity contribution < 1.29 is 66.8 Å². The topological polar surface area (TPSA) is 196 Å². The summed E-state index contributed by atoms with van der Waals surface area (Å²) in [4.78, 5) is 71.0. The minimum absolute atomic E-state index is 0.0486. The Morgan fingerprint density at radius 3 is 1.76 bits per heavy atom. The summed E-state index contributed by atoms with van der Waals surface area (Å²) in [7, 11) is 1.58. The predicted molar refractivity (Wildman–Crippen MR) is 193 cm³/mol. The first kappa shape index (κ1) is 46.0. The molecule has 0 unspecified atom stereocenters. The summed E-state index contributed by atoms with van der Waals surface area (Å²) >= 11 is 3.08. The lowest BCUT2D eigenvalue weighted by atomic mass is 9.93. The van der Waals surface area contributed by atoms with Gasteiger partial charge in [-0.2, -0.15) is 13.2 Å². The van der Waals surface area contributed by atoms with Gasteiger partial charge in [0, 0.05) is 106 Å². The van der Waals surface area contributed by atoms with Crippen molar-refractivity contribution in [2.45, 2.75) is 31.5 Å². The number of likely N-dealkylation sites (tertiary alicyclic amines) is 1. The van der Waals surface area contributed by atoms with E-state index >= 15 is 0 Å². The molecule has 2 heterocycles. The highest BCUT2D eigenvalue weighted by Gasteiger charge is 2.35. The molecule has 0 aromatic heterocycles. The molecule has 4 N–H and O–H groups in total. The molecule has 300 valence electrons. The Balaban J connectivity index is 0.000000546. The van der Waals surface area contributed by atoms with E-state index < -0.39 is 41.5 Å². The van der Waals surface area contributed by atoms with E-state index in [0.717, 1.165) is 63.5 Å². The van der Waals surface area contributed by atoms with Crippen LogP contribution in [0.15, 0.2) is 71.2 Å². The van der Waals surface area contributed by atoms with Crippen molar-refractivity contribution in [3.05, 3.63) is 93.7 Å². The second-order valence-electron chi connectivity index (χ2n) is 12.4. The zero-order valence-corrected chi connectivity index (χ0v) is 31.4. The molecule has 2 aliphatic rings. The molecule has 14 nitrogen and oxygen atoms in total. The Bertz CT molecular complexity index is 1660. The van der Waals surface area contributed by atoms with E-state index in [9.17, 15) is 46.3 Å². The third kappa shape index (κ3) is 16.8. The number of likely N-dealkylation sites (N-methyl/N-ethyl adjacent to an activating group) is 1. The van der Waals surface area contributed by atoms with Crippen molar-refractivity contribution in [1.29, 1.82) is 0 Å². The molecule has 4 rings (SSSR count). The average Bonchev–Trinajstić information content (AvgIpc) is 3.08. The maximum atomic E-state index is 13.6. The van der Waals surface area contributed by atoms with E-state index in [1.54, 1.807) is 26.1 Å². The van der Waals surface area contributed by atoms with Crippen LogP contribution in [0, 0.1) is 5.82 Å². The SMILES string of the molecule is CC(=O)N1CCN(C2CN(CC[C@H](CN(C)C(=O)c3cc(Br)cc(C(F)(F)F)c3)c3ccc(F)cc3)C2)CC1.O=C(O)/C=C/C(=O)O.O=C(O)/C=C/C(=O)O. The van der Waals surface area contributed by atoms with Crippen LogP contribution in [0.1, 0.15) is 40.7 Å². The fourth-order valence-electron chi connectivity index (χ4n) is 5.59. The van der Waals surface area contributed by atoms with Crippen molar-refractivity contribution >= 4 is 51.6 Å². The quantitative estimate of drug-likeness (QED) is 0.177.